The van der Waals surface area contributed by atoms with E-state index in [4.69, 9.17) is 0 Å². The summed E-state index contributed by atoms with van der Waals surface area (Å²) in [5, 5.41) is 6.07. The highest BCUT2D eigenvalue weighted by Crippen LogP contribution is 2.28. The van der Waals surface area contributed by atoms with Crippen LogP contribution >= 0.6 is 11.3 Å². The number of rotatable bonds is 4. The Bertz CT molecular complexity index is 958. The van der Waals surface area contributed by atoms with Crippen molar-refractivity contribution in [2.45, 2.75) is 26.2 Å². The van der Waals surface area contributed by atoms with Crippen LogP contribution in [0.25, 0.3) is 0 Å². The van der Waals surface area contributed by atoms with E-state index < -0.39 is 0 Å². The number of carbonyl (C=O) groups excluding carboxylic acids is 1. The van der Waals surface area contributed by atoms with Crippen molar-refractivity contribution in [3.63, 3.8) is 0 Å². The van der Waals surface area contributed by atoms with Crippen LogP contribution in [0.4, 0.5) is 10.9 Å². The van der Waals surface area contributed by atoms with Gasteiger partial charge in [0, 0.05) is 48.5 Å². The fraction of sp³-hybridized carbons (Fsp3) is 0.316. The lowest BCUT2D eigenvalue weighted by Crippen LogP contribution is -2.28. The Morgan fingerprint density at radius 3 is 2.89 bits per heavy atom. The molecule has 0 unspecified atom stereocenters. The number of aromatic nitrogens is 4. The van der Waals surface area contributed by atoms with Gasteiger partial charge in [-0.05, 0) is 32.4 Å². The molecule has 3 aromatic rings. The Labute approximate surface area is 161 Å². The van der Waals surface area contributed by atoms with Gasteiger partial charge in [0.1, 0.15) is 11.6 Å². The van der Waals surface area contributed by atoms with E-state index in [1.807, 2.05) is 30.2 Å². The largest absolute Gasteiger partial charge is 0.338 e. The van der Waals surface area contributed by atoms with E-state index in [2.05, 4.69) is 25.3 Å². The molecule has 8 heteroatoms. The summed E-state index contributed by atoms with van der Waals surface area (Å²) in [6.07, 6.45) is 4.13. The smallest absolute Gasteiger partial charge is 0.255 e. The molecule has 0 aliphatic carbocycles. The molecule has 1 fully saturated rings. The zero-order valence-electron chi connectivity index (χ0n) is 15.2. The van der Waals surface area contributed by atoms with E-state index in [1.54, 1.807) is 35.9 Å². The number of amides is 1. The van der Waals surface area contributed by atoms with Crippen molar-refractivity contribution in [3.05, 3.63) is 58.7 Å². The topological polar surface area (TPSA) is 83.9 Å². The molecule has 3 aromatic heterocycles. The minimum absolute atomic E-state index is 0.00913. The number of hydrogen-bond donors (Lipinski definition) is 1. The minimum atomic E-state index is 0.00913. The summed E-state index contributed by atoms with van der Waals surface area (Å²) in [5.41, 5.74) is 2.49. The maximum absolute atomic E-state index is 12.6. The lowest BCUT2D eigenvalue weighted by Gasteiger charge is -2.16. The van der Waals surface area contributed by atoms with Crippen molar-refractivity contribution >= 4 is 28.2 Å². The molecule has 1 aliphatic heterocycles. The van der Waals surface area contributed by atoms with Crippen LogP contribution in [-0.2, 0) is 0 Å². The Morgan fingerprint density at radius 1 is 1.26 bits per heavy atom. The molecular weight excluding hydrogens is 360 g/mol. The third-order valence-corrected chi connectivity index (χ3v) is 5.35. The first-order chi connectivity index (χ1) is 13.1. The van der Waals surface area contributed by atoms with Crippen LogP contribution in [0.15, 0.2) is 36.0 Å². The predicted molar refractivity (Wildman–Crippen MR) is 104 cm³/mol. The fourth-order valence-corrected chi connectivity index (χ4v) is 3.88. The molecule has 0 bridgehead atoms. The number of hydrogen-bond acceptors (Lipinski definition) is 7. The van der Waals surface area contributed by atoms with Gasteiger partial charge < -0.3 is 10.2 Å². The first-order valence-corrected chi connectivity index (χ1v) is 9.70. The Hall–Kier alpha value is -2.87. The highest BCUT2D eigenvalue weighted by atomic mass is 32.1. The third-order valence-electron chi connectivity index (χ3n) is 4.47. The van der Waals surface area contributed by atoms with Gasteiger partial charge in [-0.15, -0.1) is 11.3 Å². The van der Waals surface area contributed by atoms with E-state index in [9.17, 15) is 4.79 Å². The number of aryl methyl sites for hydroxylation is 2. The highest BCUT2D eigenvalue weighted by molar-refractivity contribution is 7.13. The Balaban J connectivity index is 1.49. The lowest BCUT2D eigenvalue weighted by atomic mass is 10.1. The zero-order chi connectivity index (χ0) is 18.8. The first-order valence-electron chi connectivity index (χ1n) is 8.82. The second kappa shape index (κ2) is 7.40. The highest BCUT2D eigenvalue weighted by Gasteiger charge is 2.30. The molecule has 1 saturated heterocycles. The van der Waals surface area contributed by atoms with Crippen molar-refractivity contribution < 1.29 is 4.79 Å². The second-order valence-electron chi connectivity index (χ2n) is 6.65. The summed E-state index contributed by atoms with van der Waals surface area (Å²) in [4.78, 5) is 32.2. The normalized spacial score (nSPS) is 16.5. The fourth-order valence-electron chi connectivity index (χ4n) is 3.19. The van der Waals surface area contributed by atoms with Crippen LogP contribution < -0.4 is 5.32 Å². The quantitative estimate of drug-likeness (QED) is 0.747. The molecule has 0 spiro atoms. The Kier molecular flexibility index (Phi) is 4.81. The van der Waals surface area contributed by atoms with Gasteiger partial charge in [0.2, 0.25) is 0 Å². The van der Waals surface area contributed by atoms with Crippen molar-refractivity contribution in [2.75, 3.05) is 18.4 Å². The number of nitrogens with one attached hydrogen (secondary N) is 1. The van der Waals surface area contributed by atoms with E-state index in [0.717, 1.165) is 34.6 Å². The Morgan fingerprint density at radius 2 is 2.15 bits per heavy atom. The summed E-state index contributed by atoms with van der Waals surface area (Å²) in [5.74, 6) is 1.65. The number of likely N-dealkylation sites (tertiary alicyclic amines) is 1. The molecule has 1 N–H and O–H groups in total. The molecule has 1 amide bonds. The van der Waals surface area contributed by atoms with Crippen LogP contribution in [0.3, 0.4) is 0 Å². The summed E-state index contributed by atoms with van der Waals surface area (Å²) < 4.78 is 0. The van der Waals surface area contributed by atoms with Gasteiger partial charge in [0.25, 0.3) is 5.91 Å². The summed E-state index contributed by atoms with van der Waals surface area (Å²) >= 11 is 1.55. The van der Waals surface area contributed by atoms with Gasteiger partial charge >= 0.3 is 0 Å². The summed E-state index contributed by atoms with van der Waals surface area (Å²) in [7, 11) is 0. The monoisotopic (exact) mass is 380 g/mol. The van der Waals surface area contributed by atoms with E-state index in [0.29, 0.717) is 18.7 Å². The number of anilines is 2. The number of carbonyl (C=O) groups is 1. The summed E-state index contributed by atoms with van der Waals surface area (Å²) in [6, 6.07) is 5.49. The number of pyridine rings is 1. The molecule has 27 heavy (non-hydrogen) atoms. The van der Waals surface area contributed by atoms with Crippen LogP contribution in [0.5, 0.6) is 0 Å². The van der Waals surface area contributed by atoms with Crippen LogP contribution in [0.2, 0.25) is 0 Å². The molecule has 138 valence electrons. The van der Waals surface area contributed by atoms with Crippen molar-refractivity contribution in [1.29, 1.82) is 0 Å². The van der Waals surface area contributed by atoms with Gasteiger partial charge in [0.15, 0.2) is 5.13 Å². The molecule has 0 radical (unpaired) electrons. The van der Waals surface area contributed by atoms with Crippen LogP contribution in [-0.4, -0.2) is 43.8 Å². The van der Waals surface area contributed by atoms with Crippen molar-refractivity contribution in [3.8, 4) is 0 Å². The number of nitrogens with zero attached hydrogens (tertiary/aromatic N) is 5. The minimum Gasteiger partial charge on any atom is -0.338 e. The predicted octanol–water partition coefficient (Wildman–Crippen LogP) is 3.32. The van der Waals surface area contributed by atoms with E-state index in [1.165, 1.54) is 0 Å². The molecule has 1 aliphatic rings. The molecule has 0 saturated carbocycles. The van der Waals surface area contributed by atoms with Crippen molar-refractivity contribution in [2.24, 2.45) is 0 Å². The maximum atomic E-state index is 12.6. The van der Waals surface area contributed by atoms with Crippen LogP contribution in [0, 0.1) is 13.8 Å². The van der Waals surface area contributed by atoms with Gasteiger partial charge in [-0.25, -0.2) is 15.0 Å². The van der Waals surface area contributed by atoms with Gasteiger partial charge in [-0.2, -0.15) is 0 Å². The molecule has 7 nitrogen and oxygen atoms in total. The molecule has 0 aromatic carbocycles. The molecule has 4 heterocycles. The maximum Gasteiger partial charge on any atom is 0.255 e. The van der Waals surface area contributed by atoms with Gasteiger partial charge in [-0.3, -0.25) is 9.78 Å². The third kappa shape index (κ3) is 3.95. The molecular formula is C19H20N6OS. The van der Waals surface area contributed by atoms with Crippen molar-refractivity contribution in [1.82, 2.24) is 24.8 Å². The second-order valence-corrected chi connectivity index (χ2v) is 7.51. The van der Waals surface area contributed by atoms with Gasteiger partial charge in [0.05, 0.1) is 11.3 Å². The average Bonchev–Trinajstić information content (AvgIpc) is 3.31. The zero-order valence-corrected chi connectivity index (χ0v) is 16.0. The first kappa shape index (κ1) is 17.5. The molecule has 1 atom stereocenters. The standard InChI is InChI=1S/C19H20N6OS/c1-12-8-16(24-19-22-13(2)11-27-19)23-17(21-12)15-5-7-25(10-15)18(26)14-4-3-6-20-9-14/h3-4,6,8-9,11,15H,5,7,10H2,1-2H3,(H,21,22,23,24)/t15-/m1/s1. The van der Waals surface area contributed by atoms with Crippen LogP contribution in [0.1, 0.15) is 39.9 Å². The SMILES string of the molecule is Cc1cc(Nc2nc(C)cs2)nc([C@@H]2CCN(C(=O)c3cccnc3)C2)n1. The summed E-state index contributed by atoms with van der Waals surface area (Å²) in [6.45, 7) is 5.23. The lowest BCUT2D eigenvalue weighted by molar-refractivity contribution is 0.0790. The van der Waals surface area contributed by atoms with Gasteiger partial charge in [-0.1, -0.05) is 0 Å². The molecule has 4 rings (SSSR count). The van der Waals surface area contributed by atoms with E-state index in [-0.39, 0.29) is 11.8 Å². The van der Waals surface area contributed by atoms with E-state index >= 15 is 0 Å². The number of thiazole rings is 1. The average molecular weight is 380 g/mol.